The summed E-state index contributed by atoms with van der Waals surface area (Å²) in [7, 11) is 0. The number of halogens is 2. The predicted molar refractivity (Wildman–Crippen MR) is 103 cm³/mol. The average Bonchev–Trinajstić information content (AvgIpc) is 2.90. The van der Waals surface area contributed by atoms with Gasteiger partial charge in [0, 0.05) is 27.8 Å². The third-order valence-corrected chi connectivity index (χ3v) is 4.76. The Kier molecular flexibility index (Phi) is 5.52. The number of nitrogens with zero attached hydrogens (tertiary/aromatic N) is 2. The zero-order valence-electron chi connectivity index (χ0n) is 14.6. The van der Waals surface area contributed by atoms with E-state index >= 15 is 0 Å². The summed E-state index contributed by atoms with van der Waals surface area (Å²) in [4.78, 5) is 12.3. The van der Waals surface area contributed by atoms with Crippen molar-refractivity contribution in [1.82, 2.24) is 15.1 Å². The first-order valence-corrected chi connectivity index (χ1v) is 9.06. The number of carbonyl (C=O) groups excluding carboxylic acids is 1. The van der Waals surface area contributed by atoms with Crippen LogP contribution in [0.5, 0.6) is 0 Å². The summed E-state index contributed by atoms with van der Waals surface area (Å²) in [5.41, 5.74) is 4.05. The van der Waals surface area contributed by atoms with E-state index < -0.39 is 0 Å². The fraction of sp³-hybridized carbons (Fsp3) is 0.200. The first-order valence-electron chi connectivity index (χ1n) is 8.27. The van der Waals surface area contributed by atoms with Crippen LogP contribution in [-0.2, 0) is 17.8 Å². The maximum absolute atomic E-state index is 13.9. The van der Waals surface area contributed by atoms with Gasteiger partial charge in [-0.05, 0) is 38.1 Å². The Bertz CT molecular complexity index is 938. The molecule has 0 aliphatic carbocycles. The van der Waals surface area contributed by atoms with E-state index in [-0.39, 0.29) is 24.7 Å². The van der Waals surface area contributed by atoms with E-state index in [9.17, 15) is 9.18 Å². The SMILES string of the molecule is Cc1nn(-c2ccccc2)c(C)c1CC(=O)NCc1ccc(Br)cc1F. The van der Waals surface area contributed by atoms with Crippen molar-refractivity contribution in [1.29, 1.82) is 0 Å². The Morgan fingerprint density at radius 1 is 1.19 bits per heavy atom. The molecule has 3 aromatic rings. The molecule has 0 fully saturated rings. The molecule has 0 aliphatic heterocycles. The molecule has 0 unspecified atom stereocenters. The molecule has 0 bridgehead atoms. The molecule has 1 aromatic heterocycles. The van der Waals surface area contributed by atoms with E-state index in [1.807, 2.05) is 48.9 Å². The van der Waals surface area contributed by atoms with E-state index in [1.165, 1.54) is 6.07 Å². The highest BCUT2D eigenvalue weighted by Gasteiger charge is 2.16. The summed E-state index contributed by atoms with van der Waals surface area (Å²) in [5, 5.41) is 7.33. The van der Waals surface area contributed by atoms with E-state index in [4.69, 9.17) is 0 Å². The molecule has 0 saturated carbocycles. The predicted octanol–water partition coefficient (Wildman–Crippen LogP) is 4.25. The second-order valence-corrected chi connectivity index (χ2v) is 7.00. The molecule has 1 heterocycles. The molecule has 4 nitrogen and oxygen atoms in total. The van der Waals surface area contributed by atoms with E-state index in [0.29, 0.717) is 10.0 Å². The van der Waals surface area contributed by atoms with Crippen LogP contribution in [0.4, 0.5) is 4.39 Å². The summed E-state index contributed by atoms with van der Waals surface area (Å²) >= 11 is 3.22. The van der Waals surface area contributed by atoms with Crippen LogP contribution in [0, 0.1) is 19.7 Å². The zero-order valence-corrected chi connectivity index (χ0v) is 16.2. The molecule has 1 N–H and O–H groups in total. The topological polar surface area (TPSA) is 46.9 Å². The largest absolute Gasteiger partial charge is 0.352 e. The van der Waals surface area contributed by atoms with Crippen LogP contribution in [0.2, 0.25) is 0 Å². The number of aryl methyl sites for hydroxylation is 1. The highest BCUT2D eigenvalue weighted by atomic mass is 79.9. The lowest BCUT2D eigenvalue weighted by molar-refractivity contribution is -0.120. The number of nitrogens with one attached hydrogen (secondary N) is 1. The van der Waals surface area contributed by atoms with Crippen molar-refractivity contribution in [2.24, 2.45) is 0 Å². The molecule has 6 heteroatoms. The number of aromatic nitrogens is 2. The van der Waals surface area contributed by atoms with Crippen LogP contribution in [-0.4, -0.2) is 15.7 Å². The van der Waals surface area contributed by atoms with Crippen LogP contribution < -0.4 is 5.32 Å². The van der Waals surface area contributed by atoms with E-state index in [2.05, 4.69) is 26.3 Å². The lowest BCUT2D eigenvalue weighted by Crippen LogP contribution is -2.25. The molecular weight excluding hydrogens is 397 g/mol. The standard InChI is InChI=1S/C20H19BrFN3O/c1-13-18(14(2)25(24-13)17-6-4-3-5-7-17)11-20(26)23-12-15-8-9-16(21)10-19(15)22/h3-10H,11-12H2,1-2H3,(H,23,26). The Balaban J connectivity index is 1.71. The maximum Gasteiger partial charge on any atom is 0.224 e. The van der Waals surface area contributed by atoms with Crippen molar-refractivity contribution in [3.63, 3.8) is 0 Å². The monoisotopic (exact) mass is 415 g/mol. The van der Waals surface area contributed by atoms with Gasteiger partial charge in [0.15, 0.2) is 0 Å². The highest BCUT2D eigenvalue weighted by Crippen LogP contribution is 2.19. The van der Waals surface area contributed by atoms with Crippen molar-refractivity contribution in [2.45, 2.75) is 26.8 Å². The van der Waals surface area contributed by atoms with Crippen LogP contribution in [0.15, 0.2) is 53.0 Å². The van der Waals surface area contributed by atoms with Gasteiger partial charge in [0.1, 0.15) is 5.82 Å². The summed E-state index contributed by atoms with van der Waals surface area (Å²) in [6.45, 7) is 4.00. The third kappa shape index (κ3) is 4.02. The van der Waals surface area contributed by atoms with Crippen molar-refractivity contribution < 1.29 is 9.18 Å². The minimum Gasteiger partial charge on any atom is -0.352 e. The molecule has 0 saturated heterocycles. The molecule has 1 amide bonds. The third-order valence-electron chi connectivity index (χ3n) is 4.27. The van der Waals surface area contributed by atoms with E-state index in [0.717, 1.165) is 22.6 Å². The number of carbonyl (C=O) groups is 1. The van der Waals surface area contributed by atoms with Crippen LogP contribution >= 0.6 is 15.9 Å². The molecular formula is C20H19BrFN3O. The highest BCUT2D eigenvalue weighted by molar-refractivity contribution is 9.10. The molecule has 0 atom stereocenters. The molecule has 0 spiro atoms. The molecule has 134 valence electrons. The van der Waals surface area contributed by atoms with Gasteiger partial charge in [0.2, 0.25) is 5.91 Å². The molecule has 0 aliphatic rings. The second-order valence-electron chi connectivity index (χ2n) is 6.09. The fourth-order valence-corrected chi connectivity index (χ4v) is 3.17. The van der Waals surface area contributed by atoms with Gasteiger partial charge < -0.3 is 5.32 Å². The van der Waals surface area contributed by atoms with Crippen molar-refractivity contribution in [2.75, 3.05) is 0 Å². The van der Waals surface area contributed by atoms with Gasteiger partial charge in [-0.25, -0.2) is 9.07 Å². The number of benzene rings is 2. The Hall–Kier alpha value is -2.47. The van der Waals surface area contributed by atoms with Gasteiger partial charge in [-0.2, -0.15) is 5.10 Å². The number of amides is 1. The first kappa shape index (κ1) is 18.3. The van der Waals surface area contributed by atoms with Crippen LogP contribution in [0.3, 0.4) is 0 Å². The number of hydrogen-bond acceptors (Lipinski definition) is 2. The Labute approximate surface area is 160 Å². The van der Waals surface area contributed by atoms with Crippen molar-refractivity contribution in [3.05, 3.63) is 81.3 Å². The molecule has 2 aromatic carbocycles. The Morgan fingerprint density at radius 3 is 2.62 bits per heavy atom. The summed E-state index contributed by atoms with van der Waals surface area (Å²) in [6.07, 6.45) is 0.211. The quantitative estimate of drug-likeness (QED) is 0.676. The normalized spacial score (nSPS) is 10.8. The minimum atomic E-state index is -0.344. The average molecular weight is 416 g/mol. The maximum atomic E-state index is 13.9. The molecule has 26 heavy (non-hydrogen) atoms. The van der Waals surface area contributed by atoms with Crippen molar-refractivity contribution in [3.8, 4) is 5.69 Å². The van der Waals surface area contributed by atoms with Gasteiger partial charge in [-0.3, -0.25) is 4.79 Å². The molecule has 0 radical (unpaired) electrons. The summed E-state index contributed by atoms with van der Waals surface area (Å²) < 4.78 is 16.4. The van der Waals surface area contributed by atoms with Gasteiger partial charge in [0.25, 0.3) is 0 Å². The summed E-state index contributed by atoms with van der Waals surface area (Å²) in [6, 6.07) is 14.6. The van der Waals surface area contributed by atoms with Gasteiger partial charge in [-0.15, -0.1) is 0 Å². The zero-order chi connectivity index (χ0) is 18.7. The van der Waals surface area contributed by atoms with E-state index in [1.54, 1.807) is 12.1 Å². The first-order chi connectivity index (χ1) is 12.5. The van der Waals surface area contributed by atoms with Gasteiger partial charge in [0.05, 0.1) is 17.8 Å². The number of rotatable bonds is 5. The fourth-order valence-electron chi connectivity index (χ4n) is 2.83. The Morgan fingerprint density at radius 2 is 1.92 bits per heavy atom. The molecule has 3 rings (SSSR count). The minimum absolute atomic E-state index is 0.156. The second kappa shape index (κ2) is 7.83. The number of hydrogen-bond donors (Lipinski definition) is 1. The lowest BCUT2D eigenvalue weighted by Gasteiger charge is -2.08. The van der Waals surface area contributed by atoms with Crippen molar-refractivity contribution >= 4 is 21.8 Å². The summed E-state index contributed by atoms with van der Waals surface area (Å²) in [5.74, 6) is -0.505. The van der Waals surface area contributed by atoms with Crippen LogP contribution in [0.25, 0.3) is 5.69 Å². The van der Waals surface area contributed by atoms with Crippen LogP contribution in [0.1, 0.15) is 22.5 Å². The van der Waals surface area contributed by atoms with Gasteiger partial charge in [-0.1, -0.05) is 40.2 Å². The van der Waals surface area contributed by atoms with Gasteiger partial charge >= 0.3 is 0 Å². The smallest absolute Gasteiger partial charge is 0.224 e. The lowest BCUT2D eigenvalue weighted by atomic mass is 10.1. The number of para-hydroxylation sites is 1.